The summed E-state index contributed by atoms with van der Waals surface area (Å²) < 4.78 is 3.24. The molecule has 1 atom stereocenters. The van der Waals surface area contributed by atoms with Crippen LogP contribution in [0.1, 0.15) is 50.3 Å². The zero-order valence-electron chi connectivity index (χ0n) is 17.6. The van der Waals surface area contributed by atoms with Crippen molar-refractivity contribution in [3.8, 4) is 0 Å². The molecule has 154 valence electrons. The minimum atomic E-state index is -0.181. The third kappa shape index (κ3) is 8.46. The zero-order valence-corrected chi connectivity index (χ0v) is 18.4. The highest BCUT2D eigenvalue weighted by Crippen LogP contribution is 2.22. The van der Waals surface area contributed by atoms with Crippen LogP contribution in [0.5, 0.6) is 0 Å². The van der Waals surface area contributed by atoms with Crippen molar-refractivity contribution < 1.29 is 4.79 Å². The normalized spacial score (nSPS) is 11.5. The van der Waals surface area contributed by atoms with Gasteiger partial charge >= 0.3 is 0 Å². The van der Waals surface area contributed by atoms with Gasteiger partial charge < -0.3 is 10.6 Å². The minimum Gasteiger partial charge on any atom is -0.344 e. The lowest BCUT2D eigenvalue weighted by molar-refractivity contribution is -0.123. The molecule has 0 heterocycles. The Kier molecular flexibility index (Phi) is 13.1. The largest absolute Gasteiger partial charge is 0.344 e. The topological polar surface area (TPSA) is 53.2 Å². The first-order valence-corrected chi connectivity index (χ1v) is 11.3. The lowest BCUT2D eigenvalue weighted by atomic mass is 9.98. The van der Waals surface area contributed by atoms with Crippen LogP contribution in [0.2, 0.25) is 0 Å². The van der Waals surface area contributed by atoms with E-state index in [1.807, 2.05) is 63.5 Å². The second-order valence-corrected chi connectivity index (χ2v) is 6.90. The van der Waals surface area contributed by atoms with E-state index in [1.54, 1.807) is 11.9 Å². The molecule has 28 heavy (non-hydrogen) atoms. The van der Waals surface area contributed by atoms with E-state index >= 15 is 0 Å². The van der Waals surface area contributed by atoms with Gasteiger partial charge in [-0.3, -0.25) is 9.52 Å². The molecule has 0 radical (unpaired) electrons. The lowest BCUT2D eigenvalue weighted by Gasteiger charge is -2.23. The maximum Gasteiger partial charge on any atom is 0.237 e. The van der Waals surface area contributed by atoms with Crippen LogP contribution in [-0.4, -0.2) is 31.8 Å². The van der Waals surface area contributed by atoms with Crippen LogP contribution in [0, 0.1) is 0 Å². The maximum absolute atomic E-state index is 12.9. The number of hydrogen-bond acceptors (Lipinski definition) is 4. The van der Waals surface area contributed by atoms with E-state index < -0.39 is 0 Å². The van der Waals surface area contributed by atoms with Crippen LogP contribution < -0.4 is 15.4 Å². The van der Waals surface area contributed by atoms with Crippen molar-refractivity contribution in [3.05, 3.63) is 71.8 Å². The monoisotopic (exact) mass is 401 g/mol. The van der Waals surface area contributed by atoms with E-state index in [4.69, 9.17) is 0 Å². The molecule has 2 aromatic carbocycles. The van der Waals surface area contributed by atoms with Crippen molar-refractivity contribution >= 4 is 17.9 Å². The predicted octanol–water partition coefficient (Wildman–Crippen LogP) is 4.54. The summed E-state index contributed by atoms with van der Waals surface area (Å²) in [5.41, 5.74) is 2.18. The Hall–Kier alpha value is -1.82. The van der Waals surface area contributed by atoms with E-state index in [0.717, 1.165) is 36.9 Å². The van der Waals surface area contributed by atoms with E-state index in [2.05, 4.69) is 39.6 Å². The standard InChI is InChI=1S/C21H29N3OS.C2H6/c1-22-19(15-9-10-16-23-26-2)21(25)24-20(17-11-5-3-6-12-17)18-13-7-4-8-14-18;1-2/h3-8,11-14,19-20,22-23H,9-10,15-16H2,1-2H3,(H,24,25);1-2H3. The van der Waals surface area contributed by atoms with Gasteiger partial charge in [-0.15, -0.1) is 0 Å². The molecular weight excluding hydrogens is 366 g/mol. The van der Waals surface area contributed by atoms with Crippen LogP contribution in [0.25, 0.3) is 0 Å². The van der Waals surface area contributed by atoms with E-state index in [9.17, 15) is 4.79 Å². The summed E-state index contributed by atoms with van der Waals surface area (Å²) in [6.45, 7) is 4.97. The summed E-state index contributed by atoms with van der Waals surface area (Å²) in [4.78, 5) is 12.9. The van der Waals surface area contributed by atoms with Crippen molar-refractivity contribution in [2.24, 2.45) is 0 Å². The van der Waals surface area contributed by atoms with Crippen LogP contribution in [0.15, 0.2) is 60.7 Å². The second kappa shape index (κ2) is 15.1. The molecule has 3 N–H and O–H groups in total. The smallest absolute Gasteiger partial charge is 0.237 e. The molecule has 0 fully saturated rings. The number of amides is 1. The Morgan fingerprint density at radius 1 is 0.929 bits per heavy atom. The summed E-state index contributed by atoms with van der Waals surface area (Å²) in [6, 6.07) is 19.9. The molecule has 5 heteroatoms. The number of nitrogens with one attached hydrogen (secondary N) is 3. The summed E-state index contributed by atoms with van der Waals surface area (Å²) in [6.07, 6.45) is 4.92. The SMILES string of the molecule is CC.CNC(CCCCNSC)C(=O)NC(c1ccccc1)c1ccccc1. The van der Waals surface area contributed by atoms with Crippen LogP contribution in [0.4, 0.5) is 0 Å². The highest BCUT2D eigenvalue weighted by molar-refractivity contribution is 7.96. The highest BCUT2D eigenvalue weighted by atomic mass is 32.2. The lowest BCUT2D eigenvalue weighted by Crippen LogP contribution is -2.44. The van der Waals surface area contributed by atoms with Gasteiger partial charge in [0.2, 0.25) is 5.91 Å². The van der Waals surface area contributed by atoms with Gasteiger partial charge in [0.25, 0.3) is 0 Å². The van der Waals surface area contributed by atoms with Crippen LogP contribution in [0.3, 0.4) is 0 Å². The molecule has 0 saturated carbocycles. The molecule has 0 bridgehead atoms. The minimum absolute atomic E-state index is 0.0445. The third-order valence-corrected chi connectivity index (χ3v) is 4.88. The molecule has 0 aliphatic heterocycles. The number of carbonyl (C=O) groups excluding carboxylic acids is 1. The Morgan fingerprint density at radius 3 is 1.93 bits per heavy atom. The Bertz CT molecular complexity index is 597. The average molecular weight is 402 g/mol. The van der Waals surface area contributed by atoms with Crippen molar-refractivity contribution in [2.75, 3.05) is 19.8 Å². The fourth-order valence-electron chi connectivity index (χ4n) is 2.95. The van der Waals surface area contributed by atoms with Gasteiger partial charge in [0.1, 0.15) is 0 Å². The number of benzene rings is 2. The molecule has 2 aromatic rings. The first kappa shape index (κ1) is 24.2. The van der Waals surface area contributed by atoms with Gasteiger partial charge in [-0.1, -0.05) is 92.9 Å². The highest BCUT2D eigenvalue weighted by Gasteiger charge is 2.21. The van der Waals surface area contributed by atoms with Crippen molar-refractivity contribution in [3.63, 3.8) is 0 Å². The molecule has 4 nitrogen and oxygen atoms in total. The summed E-state index contributed by atoms with van der Waals surface area (Å²) >= 11 is 1.63. The van der Waals surface area contributed by atoms with Crippen molar-refractivity contribution in [2.45, 2.75) is 45.2 Å². The molecule has 1 amide bonds. The molecule has 0 aromatic heterocycles. The maximum atomic E-state index is 12.9. The van der Waals surface area contributed by atoms with Gasteiger partial charge in [0.15, 0.2) is 0 Å². The van der Waals surface area contributed by atoms with Gasteiger partial charge in [0.05, 0.1) is 12.1 Å². The van der Waals surface area contributed by atoms with Crippen LogP contribution in [-0.2, 0) is 4.79 Å². The molecule has 0 aliphatic carbocycles. The summed E-state index contributed by atoms with van der Waals surface area (Å²) in [5.74, 6) is 0.0445. The van der Waals surface area contributed by atoms with Crippen LogP contribution >= 0.6 is 11.9 Å². The van der Waals surface area contributed by atoms with E-state index in [1.165, 1.54) is 0 Å². The Morgan fingerprint density at radius 2 is 1.46 bits per heavy atom. The molecule has 0 spiro atoms. The first-order chi connectivity index (χ1) is 13.8. The zero-order chi connectivity index (χ0) is 20.6. The number of unbranched alkanes of at least 4 members (excludes halogenated alkanes) is 1. The van der Waals surface area contributed by atoms with Gasteiger partial charge in [0, 0.05) is 6.54 Å². The number of rotatable bonds is 11. The van der Waals surface area contributed by atoms with Crippen molar-refractivity contribution in [1.29, 1.82) is 0 Å². The number of likely N-dealkylation sites (N-methyl/N-ethyl adjacent to an activating group) is 1. The van der Waals surface area contributed by atoms with Gasteiger partial charge in [-0.25, -0.2) is 0 Å². The molecule has 1 unspecified atom stereocenters. The fourth-order valence-corrected chi connectivity index (χ4v) is 3.30. The molecule has 0 aliphatic rings. The molecular formula is C23H35N3OS. The van der Waals surface area contributed by atoms with E-state index in [-0.39, 0.29) is 18.0 Å². The average Bonchev–Trinajstić information content (AvgIpc) is 2.77. The number of hydrogen-bond donors (Lipinski definition) is 3. The fraction of sp³-hybridized carbons (Fsp3) is 0.435. The second-order valence-electron chi connectivity index (χ2n) is 6.20. The third-order valence-electron chi connectivity index (χ3n) is 4.38. The summed E-state index contributed by atoms with van der Waals surface area (Å²) in [5, 5.41) is 6.39. The first-order valence-electron chi connectivity index (χ1n) is 10.1. The predicted molar refractivity (Wildman–Crippen MR) is 122 cm³/mol. The Balaban J connectivity index is 0.00000190. The quantitative estimate of drug-likeness (QED) is 0.382. The van der Waals surface area contributed by atoms with Crippen molar-refractivity contribution in [1.82, 2.24) is 15.4 Å². The Labute approximate surface area is 175 Å². The summed E-state index contributed by atoms with van der Waals surface area (Å²) in [7, 11) is 1.85. The van der Waals surface area contributed by atoms with Gasteiger partial charge in [-0.05, 0) is 37.3 Å². The van der Waals surface area contributed by atoms with Gasteiger partial charge in [-0.2, -0.15) is 0 Å². The molecule has 0 saturated heterocycles. The van der Waals surface area contributed by atoms with E-state index in [0.29, 0.717) is 0 Å². The molecule has 2 rings (SSSR count). The number of carbonyl (C=O) groups is 1.